The number of hydrogen-bond acceptors (Lipinski definition) is 5. The van der Waals surface area contributed by atoms with Gasteiger partial charge in [0.05, 0.1) is 10.3 Å². The number of fused-ring (bicyclic) bond motifs is 2. The number of benzene rings is 3. The average molecular weight is 681 g/mol. The molecule has 0 aromatic heterocycles. The fraction of sp³-hybridized carbons (Fsp3) is 0.429. The first-order chi connectivity index (χ1) is 23.0. The molecule has 5 rings (SSSR count). The van der Waals surface area contributed by atoms with Crippen molar-refractivity contribution in [3.63, 3.8) is 0 Å². The van der Waals surface area contributed by atoms with E-state index in [-0.39, 0.29) is 21.5 Å². The Kier molecular flexibility index (Phi) is 10.6. The summed E-state index contributed by atoms with van der Waals surface area (Å²) in [5.74, 6) is 0.279. The van der Waals surface area contributed by atoms with E-state index in [4.69, 9.17) is 0 Å². The maximum absolute atomic E-state index is 12.5. The average Bonchev–Trinajstić information content (AvgIpc) is 3.39. The van der Waals surface area contributed by atoms with E-state index in [2.05, 4.69) is 110 Å². The minimum atomic E-state index is -4.60. The molecule has 2 aliphatic heterocycles. The summed E-state index contributed by atoms with van der Waals surface area (Å²) >= 11 is 0. The van der Waals surface area contributed by atoms with Crippen molar-refractivity contribution in [3.05, 3.63) is 113 Å². The number of Topliss-reactive ketones (excluding diaryl/α,β-unsaturated/α-hetero) is 1. The highest BCUT2D eigenvalue weighted by molar-refractivity contribution is 7.85. The topological polar surface area (TPSA) is 80.5 Å². The Bertz CT molecular complexity index is 1890. The lowest BCUT2D eigenvalue weighted by atomic mass is 9.81. The maximum atomic E-state index is 12.5. The van der Waals surface area contributed by atoms with Gasteiger partial charge in [0.15, 0.2) is 5.71 Å². The molecule has 0 bridgehead atoms. The zero-order chi connectivity index (χ0) is 35.6. The Morgan fingerprint density at radius 3 is 2.24 bits per heavy atom. The minimum Gasteiger partial charge on any atom is -0.744 e. The number of unbranched alkanes of at least 4 members (excludes halogenated alkanes) is 2. The number of carbonyl (C=O) groups is 1. The highest BCUT2D eigenvalue weighted by Crippen LogP contribution is 2.49. The van der Waals surface area contributed by atoms with Crippen LogP contribution in [-0.4, -0.2) is 42.1 Å². The van der Waals surface area contributed by atoms with Crippen molar-refractivity contribution in [2.24, 2.45) is 5.41 Å². The SMILES string of the molecule is CC(C)(C)C(=O)CCCCCN1/C(=C/C=C/C2=[N+](CCCc3ccccc3)c3ccccc3C2(C)C)C(C)(C)c2cc(S(=O)(=O)[O-])ccc21. The van der Waals surface area contributed by atoms with Crippen LogP contribution >= 0.6 is 0 Å². The van der Waals surface area contributed by atoms with Gasteiger partial charge >= 0.3 is 0 Å². The third-order valence-corrected chi connectivity index (χ3v) is 11.1. The van der Waals surface area contributed by atoms with Gasteiger partial charge < -0.3 is 9.45 Å². The third-order valence-electron chi connectivity index (χ3n) is 10.3. The van der Waals surface area contributed by atoms with Crippen molar-refractivity contribution < 1.29 is 22.3 Å². The second kappa shape index (κ2) is 14.2. The summed E-state index contributed by atoms with van der Waals surface area (Å²) in [6.45, 7) is 16.3. The van der Waals surface area contributed by atoms with Crippen molar-refractivity contribution >= 4 is 33.0 Å². The zero-order valence-electron chi connectivity index (χ0n) is 30.3. The van der Waals surface area contributed by atoms with Gasteiger partial charge in [-0.2, -0.15) is 4.58 Å². The Labute approximate surface area is 294 Å². The number of rotatable bonds is 13. The van der Waals surface area contributed by atoms with Crippen molar-refractivity contribution in [2.75, 3.05) is 18.0 Å². The zero-order valence-corrected chi connectivity index (χ0v) is 31.1. The van der Waals surface area contributed by atoms with Crippen LogP contribution in [0.4, 0.5) is 11.4 Å². The first kappa shape index (κ1) is 36.5. The first-order valence-electron chi connectivity index (χ1n) is 17.6. The molecule has 0 radical (unpaired) electrons. The van der Waals surface area contributed by atoms with E-state index >= 15 is 0 Å². The van der Waals surface area contributed by atoms with Crippen LogP contribution in [0.1, 0.15) is 97.3 Å². The molecular formula is C42H52N2O4S. The van der Waals surface area contributed by atoms with Crippen LogP contribution in [0, 0.1) is 5.41 Å². The maximum Gasteiger partial charge on any atom is 0.209 e. The molecule has 0 fully saturated rings. The highest BCUT2D eigenvalue weighted by Gasteiger charge is 2.44. The van der Waals surface area contributed by atoms with Crippen LogP contribution in [0.15, 0.2) is 102 Å². The molecule has 0 amide bonds. The van der Waals surface area contributed by atoms with Gasteiger partial charge in [-0.3, -0.25) is 4.79 Å². The lowest BCUT2D eigenvalue weighted by Gasteiger charge is -2.27. The molecule has 3 aromatic carbocycles. The molecule has 0 unspecified atom stereocenters. The molecule has 2 aliphatic rings. The minimum absolute atomic E-state index is 0.186. The molecule has 0 spiro atoms. The standard InChI is InChI=1S/C42H52N2O4S/c1-40(2,3)39(45)25-12-9-15-28-43-36-27-26-32(49(46,47)48)30-34(36)42(6,7)38(43)24-16-23-37-41(4,5)33-21-13-14-22-35(33)44(37)29-17-20-31-18-10-8-11-19-31/h8,10-11,13-14,16,18-19,21-24,26-27,30H,9,12,15,17,20,25,28-29H2,1-7H3. The molecule has 3 aromatic rings. The number of allylic oxidation sites excluding steroid dienone is 4. The summed E-state index contributed by atoms with van der Waals surface area (Å²) in [5.41, 5.74) is 6.90. The van der Waals surface area contributed by atoms with Crippen molar-refractivity contribution in [1.29, 1.82) is 0 Å². The number of nitrogens with zero attached hydrogens (tertiary/aromatic N) is 2. The van der Waals surface area contributed by atoms with Gasteiger partial charge in [-0.1, -0.05) is 95.6 Å². The monoisotopic (exact) mass is 680 g/mol. The van der Waals surface area contributed by atoms with E-state index in [0.717, 1.165) is 62.1 Å². The fourth-order valence-electron chi connectivity index (χ4n) is 7.36. The van der Waals surface area contributed by atoms with Gasteiger partial charge in [0.2, 0.25) is 5.69 Å². The number of aryl methyl sites for hydroxylation is 1. The van der Waals surface area contributed by atoms with E-state index in [0.29, 0.717) is 6.42 Å². The van der Waals surface area contributed by atoms with Gasteiger partial charge in [-0.05, 0) is 68.5 Å². The van der Waals surface area contributed by atoms with Gasteiger partial charge in [0.1, 0.15) is 22.4 Å². The summed E-state index contributed by atoms with van der Waals surface area (Å²) in [4.78, 5) is 14.5. The summed E-state index contributed by atoms with van der Waals surface area (Å²) in [5, 5.41) is 0. The first-order valence-corrected chi connectivity index (χ1v) is 19.0. The normalized spacial score (nSPS) is 17.6. The van der Waals surface area contributed by atoms with E-state index in [1.165, 1.54) is 28.6 Å². The van der Waals surface area contributed by atoms with E-state index in [1.54, 1.807) is 12.1 Å². The van der Waals surface area contributed by atoms with Crippen molar-refractivity contribution in [1.82, 2.24) is 0 Å². The molecule has 0 saturated heterocycles. The summed E-state index contributed by atoms with van der Waals surface area (Å²) in [6.07, 6.45) is 11.7. The van der Waals surface area contributed by atoms with Crippen LogP contribution in [-0.2, 0) is 32.2 Å². The smallest absolute Gasteiger partial charge is 0.209 e. The molecular weight excluding hydrogens is 629 g/mol. The lowest BCUT2D eigenvalue weighted by Crippen LogP contribution is -2.28. The number of carbonyl (C=O) groups excluding carboxylic acids is 1. The van der Waals surface area contributed by atoms with Gasteiger partial charge in [0.25, 0.3) is 0 Å². The molecule has 7 heteroatoms. The number of hydrogen-bond donors (Lipinski definition) is 0. The largest absolute Gasteiger partial charge is 0.744 e. The van der Waals surface area contributed by atoms with Gasteiger partial charge in [-0.15, -0.1) is 0 Å². The predicted octanol–water partition coefficient (Wildman–Crippen LogP) is 9.01. The molecule has 49 heavy (non-hydrogen) atoms. The highest BCUT2D eigenvalue weighted by atomic mass is 32.2. The van der Waals surface area contributed by atoms with Crippen molar-refractivity contribution in [3.8, 4) is 0 Å². The Hall–Kier alpha value is -3.81. The lowest BCUT2D eigenvalue weighted by molar-refractivity contribution is -0.438. The Morgan fingerprint density at radius 1 is 0.857 bits per heavy atom. The molecule has 0 N–H and O–H groups in total. The molecule has 0 atom stereocenters. The van der Waals surface area contributed by atoms with Crippen molar-refractivity contribution in [2.45, 2.75) is 103 Å². The van der Waals surface area contributed by atoms with E-state index in [1.807, 2.05) is 20.8 Å². The van der Waals surface area contributed by atoms with Crippen LogP contribution in [0.5, 0.6) is 0 Å². The van der Waals surface area contributed by atoms with Crippen LogP contribution in [0.3, 0.4) is 0 Å². The Morgan fingerprint density at radius 2 is 1.55 bits per heavy atom. The van der Waals surface area contributed by atoms with Crippen LogP contribution < -0.4 is 4.90 Å². The summed E-state index contributed by atoms with van der Waals surface area (Å²) in [7, 11) is -4.60. The van der Waals surface area contributed by atoms with E-state index < -0.39 is 15.5 Å². The second-order valence-corrected chi connectivity index (χ2v) is 17.0. The molecule has 2 heterocycles. The quantitative estimate of drug-likeness (QED) is 0.102. The van der Waals surface area contributed by atoms with Crippen LogP contribution in [0.25, 0.3) is 0 Å². The number of anilines is 1. The number of ketones is 1. The molecule has 0 aliphatic carbocycles. The third kappa shape index (κ3) is 7.84. The fourth-order valence-corrected chi connectivity index (χ4v) is 7.85. The molecule has 6 nitrogen and oxygen atoms in total. The summed E-state index contributed by atoms with van der Waals surface area (Å²) < 4.78 is 38.5. The van der Waals surface area contributed by atoms with Gasteiger partial charge in [-0.25, -0.2) is 8.42 Å². The number of para-hydroxylation sites is 1. The van der Waals surface area contributed by atoms with E-state index in [9.17, 15) is 17.8 Å². The second-order valence-electron chi connectivity index (χ2n) is 15.6. The summed E-state index contributed by atoms with van der Waals surface area (Å²) in [6, 6.07) is 24.0. The predicted molar refractivity (Wildman–Crippen MR) is 199 cm³/mol. The molecule has 260 valence electrons. The van der Waals surface area contributed by atoms with Gasteiger partial charge in [0, 0.05) is 59.3 Å². The van der Waals surface area contributed by atoms with Crippen LogP contribution in [0.2, 0.25) is 0 Å². The Balaban J connectivity index is 1.45. The molecule has 0 saturated carbocycles.